The minimum absolute atomic E-state index is 0.0225. The first-order valence-electron chi connectivity index (χ1n) is 4.83. The van der Waals surface area contributed by atoms with E-state index >= 15 is 0 Å². The van der Waals surface area contributed by atoms with Gasteiger partial charge >= 0.3 is 0 Å². The van der Waals surface area contributed by atoms with E-state index in [2.05, 4.69) is 9.97 Å². The van der Waals surface area contributed by atoms with Crippen molar-refractivity contribution in [3.8, 4) is 0 Å². The summed E-state index contributed by atoms with van der Waals surface area (Å²) in [5.74, 6) is -0.0911. The van der Waals surface area contributed by atoms with E-state index < -0.39 is 12.1 Å². The molecular weight excluding hydrogens is 199 g/mol. The Hall–Kier alpha value is -1.27. The fourth-order valence-corrected chi connectivity index (χ4v) is 1.88. The van der Waals surface area contributed by atoms with Crippen LogP contribution in [-0.4, -0.2) is 40.3 Å². The number of halogens is 1. The zero-order chi connectivity index (χ0) is 10.8. The SMILES string of the molecule is NC[C@H]1C[C@@H](O)CN1c1cc(F)ncn1. The lowest BCUT2D eigenvalue weighted by atomic mass is 10.2. The third-order valence-corrected chi connectivity index (χ3v) is 2.58. The normalized spacial score (nSPS) is 25.9. The minimum Gasteiger partial charge on any atom is -0.391 e. The van der Waals surface area contributed by atoms with Gasteiger partial charge in [-0.1, -0.05) is 0 Å². The molecule has 2 rings (SSSR count). The first kappa shape index (κ1) is 10.3. The summed E-state index contributed by atoms with van der Waals surface area (Å²) in [6.45, 7) is 0.862. The molecule has 1 aromatic rings. The van der Waals surface area contributed by atoms with Gasteiger partial charge in [0, 0.05) is 25.2 Å². The summed E-state index contributed by atoms with van der Waals surface area (Å²) in [5, 5.41) is 9.50. The molecule has 0 saturated carbocycles. The number of aromatic nitrogens is 2. The predicted molar refractivity (Wildman–Crippen MR) is 52.8 cm³/mol. The first-order valence-corrected chi connectivity index (χ1v) is 4.83. The molecule has 0 unspecified atom stereocenters. The number of nitrogens with zero attached hydrogens (tertiary/aromatic N) is 3. The van der Waals surface area contributed by atoms with Crippen molar-refractivity contribution < 1.29 is 9.50 Å². The van der Waals surface area contributed by atoms with Gasteiger partial charge in [-0.2, -0.15) is 4.39 Å². The molecule has 0 aliphatic carbocycles. The topological polar surface area (TPSA) is 75.3 Å². The molecule has 1 aliphatic heterocycles. The van der Waals surface area contributed by atoms with Crippen LogP contribution in [0.2, 0.25) is 0 Å². The maximum absolute atomic E-state index is 12.9. The number of hydrogen-bond donors (Lipinski definition) is 2. The number of aliphatic hydroxyl groups is 1. The molecule has 0 amide bonds. The molecule has 6 heteroatoms. The summed E-state index contributed by atoms with van der Waals surface area (Å²) >= 11 is 0. The van der Waals surface area contributed by atoms with E-state index in [4.69, 9.17) is 5.73 Å². The molecule has 3 N–H and O–H groups in total. The lowest BCUT2D eigenvalue weighted by Gasteiger charge is -2.23. The second-order valence-corrected chi connectivity index (χ2v) is 3.63. The van der Waals surface area contributed by atoms with Crippen molar-refractivity contribution in [3.05, 3.63) is 18.3 Å². The van der Waals surface area contributed by atoms with Crippen LogP contribution in [-0.2, 0) is 0 Å². The van der Waals surface area contributed by atoms with Gasteiger partial charge in [-0.3, -0.25) is 0 Å². The molecule has 1 fully saturated rings. The fourth-order valence-electron chi connectivity index (χ4n) is 1.88. The average molecular weight is 212 g/mol. The predicted octanol–water partition coefficient (Wildman–Crippen LogP) is -0.486. The van der Waals surface area contributed by atoms with Crippen LogP contribution in [0.15, 0.2) is 12.4 Å². The smallest absolute Gasteiger partial charge is 0.218 e. The molecule has 1 aliphatic rings. The minimum atomic E-state index is -0.572. The number of nitrogens with two attached hydrogens (primary N) is 1. The Morgan fingerprint density at radius 3 is 3.07 bits per heavy atom. The summed E-state index contributed by atoms with van der Waals surface area (Å²) < 4.78 is 12.9. The number of anilines is 1. The van der Waals surface area contributed by atoms with Crippen LogP contribution in [0.4, 0.5) is 10.2 Å². The Morgan fingerprint density at radius 1 is 1.60 bits per heavy atom. The first-order chi connectivity index (χ1) is 7.20. The van der Waals surface area contributed by atoms with E-state index in [0.29, 0.717) is 25.3 Å². The van der Waals surface area contributed by atoms with Crippen molar-refractivity contribution in [1.82, 2.24) is 9.97 Å². The molecule has 1 saturated heterocycles. The molecule has 2 atom stereocenters. The quantitative estimate of drug-likeness (QED) is 0.647. The van der Waals surface area contributed by atoms with Gasteiger partial charge in [0.15, 0.2) is 0 Å². The highest BCUT2D eigenvalue weighted by atomic mass is 19.1. The van der Waals surface area contributed by atoms with Gasteiger partial charge in [-0.15, -0.1) is 0 Å². The van der Waals surface area contributed by atoms with Crippen LogP contribution in [0.25, 0.3) is 0 Å². The zero-order valence-electron chi connectivity index (χ0n) is 8.17. The summed E-state index contributed by atoms with van der Waals surface area (Å²) in [6.07, 6.45) is 1.35. The van der Waals surface area contributed by atoms with Gasteiger partial charge in [0.05, 0.1) is 6.10 Å². The van der Waals surface area contributed by atoms with Crippen LogP contribution in [0.5, 0.6) is 0 Å². The van der Waals surface area contributed by atoms with E-state index in [1.807, 2.05) is 4.90 Å². The summed E-state index contributed by atoms with van der Waals surface area (Å²) in [6, 6.07) is 1.27. The second kappa shape index (κ2) is 4.08. The highest BCUT2D eigenvalue weighted by molar-refractivity contribution is 5.40. The standard InChI is InChI=1S/C9H13FN4O/c10-8-2-9(13-5-12-8)14-4-7(15)1-6(14)3-11/h2,5-7,15H,1,3-4,11H2/t6-,7-/m1/s1. The van der Waals surface area contributed by atoms with E-state index in [1.54, 1.807) is 0 Å². The molecule has 1 aromatic heterocycles. The molecular formula is C9H13FN4O. The van der Waals surface area contributed by atoms with Crippen molar-refractivity contribution >= 4 is 5.82 Å². The summed E-state index contributed by atoms with van der Waals surface area (Å²) in [5.41, 5.74) is 5.57. The van der Waals surface area contributed by atoms with Crippen molar-refractivity contribution in [2.45, 2.75) is 18.6 Å². The molecule has 0 spiro atoms. The van der Waals surface area contributed by atoms with Gasteiger partial charge in [-0.25, -0.2) is 9.97 Å². The fraction of sp³-hybridized carbons (Fsp3) is 0.556. The van der Waals surface area contributed by atoms with Gasteiger partial charge < -0.3 is 15.7 Å². The van der Waals surface area contributed by atoms with Gasteiger partial charge in [0.25, 0.3) is 0 Å². The monoisotopic (exact) mass is 212 g/mol. The Kier molecular flexibility index (Phi) is 2.79. The third kappa shape index (κ3) is 2.05. The third-order valence-electron chi connectivity index (χ3n) is 2.58. The number of hydrogen-bond acceptors (Lipinski definition) is 5. The summed E-state index contributed by atoms with van der Waals surface area (Å²) in [7, 11) is 0. The molecule has 2 heterocycles. The highest BCUT2D eigenvalue weighted by Crippen LogP contribution is 2.23. The van der Waals surface area contributed by atoms with Crippen LogP contribution in [0.3, 0.4) is 0 Å². The average Bonchev–Trinajstić information content (AvgIpc) is 2.59. The van der Waals surface area contributed by atoms with Crippen molar-refractivity contribution in [1.29, 1.82) is 0 Å². The lowest BCUT2D eigenvalue weighted by molar-refractivity contribution is 0.194. The maximum Gasteiger partial charge on any atom is 0.218 e. The Labute approximate surface area is 86.7 Å². The van der Waals surface area contributed by atoms with Crippen LogP contribution >= 0.6 is 0 Å². The van der Waals surface area contributed by atoms with Crippen LogP contribution in [0.1, 0.15) is 6.42 Å². The van der Waals surface area contributed by atoms with Gasteiger partial charge in [0.1, 0.15) is 12.1 Å². The van der Waals surface area contributed by atoms with E-state index in [9.17, 15) is 9.50 Å². The van der Waals surface area contributed by atoms with E-state index in [-0.39, 0.29) is 6.04 Å². The number of aliphatic hydroxyl groups excluding tert-OH is 1. The molecule has 5 nitrogen and oxygen atoms in total. The van der Waals surface area contributed by atoms with Gasteiger partial charge in [-0.05, 0) is 6.42 Å². The number of β-amino-alcohol motifs (C(OH)–C–C–N with tert-alkyl or cyclic N) is 1. The second-order valence-electron chi connectivity index (χ2n) is 3.63. The largest absolute Gasteiger partial charge is 0.391 e. The van der Waals surface area contributed by atoms with E-state index in [1.165, 1.54) is 12.4 Å². The lowest BCUT2D eigenvalue weighted by Crippen LogP contribution is -2.36. The maximum atomic E-state index is 12.9. The zero-order valence-corrected chi connectivity index (χ0v) is 8.17. The Balaban J connectivity index is 2.22. The van der Waals surface area contributed by atoms with Crippen LogP contribution in [0, 0.1) is 5.95 Å². The number of rotatable bonds is 2. The molecule has 15 heavy (non-hydrogen) atoms. The van der Waals surface area contributed by atoms with Crippen molar-refractivity contribution in [2.24, 2.45) is 5.73 Å². The molecule has 0 radical (unpaired) electrons. The Morgan fingerprint density at radius 2 is 2.40 bits per heavy atom. The van der Waals surface area contributed by atoms with E-state index in [0.717, 1.165) is 0 Å². The van der Waals surface area contributed by atoms with Crippen molar-refractivity contribution in [3.63, 3.8) is 0 Å². The summed E-state index contributed by atoms with van der Waals surface area (Å²) in [4.78, 5) is 9.16. The van der Waals surface area contributed by atoms with Crippen LogP contribution < -0.4 is 10.6 Å². The molecule has 82 valence electrons. The Bertz CT molecular complexity index is 349. The molecule has 0 bridgehead atoms. The van der Waals surface area contributed by atoms with Gasteiger partial charge in [0.2, 0.25) is 5.95 Å². The highest BCUT2D eigenvalue weighted by Gasteiger charge is 2.30. The molecule has 0 aromatic carbocycles. The van der Waals surface area contributed by atoms with Crippen molar-refractivity contribution in [2.75, 3.05) is 18.0 Å².